The van der Waals surface area contributed by atoms with Crippen LogP contribution in [-0.2, 0) is 16.0 Å². The maximum absolute atomic E-state index is 11.7. The van der Waals surface area contributed by atoms with Crippen molar-refractivity contribution in [3.05, 3.63) is 33.8 Å². The van der Waals surface area contributed by atoms with Gasteiger partial charge in [0.2, 0.25) is 5.91 Å². The molecule has 0 spiro atoms. The van der Waals surface area contributed by atoms with Crippen LogP contribution in [0.25, 0.3) is 0 Å². The molecule has 96 valence electrons. The molecule has 1 fully saturated rings. The van der Waals surface area contributed by atoms with Crippen molar-refractivity contribution in [2.75, 3.05) is 0 Å². The highest BCUT2D eigenvalue weighted by Gasteiger charge is 2.51. The molecule has 1 aromatic rings. The molecule has 0 unspecified atom stereocenters. The van der Waals surface area contributed by atoms with E-state index in [9.17, 15) is 9.59 Å². The Bertz CT molecular complexity index is 512. The highest BCUT2D eigenvalue weighted by atomic mass is 35.5. The normalized spacial score (nSPS) is 16.1. The number of hydrogen-bond donors (Lipinski definition) is 2. The number of carboxylic acid groups (broad SMARTS) is 1. The van der Waals surface area contributed by atoms with E-state index in [1.54, 1.807) is 18.2 Å². The summed E-state index contributed by atoms with van der Waals surface area (Å²) in [7, 11) is 0. The first-order valence-corrected chi connectivity index (χ1v) is 6.17. The Labute approximate surface area is 114 Å². The number of amides is 1. The second-order valence-corrected chi connectivity index (χ2v) is 5.19. The molecule has 1 aromatic carbocycles. The van der Waals surface area contributed by atoms with Gasteiger partial charge in [-0.1, -0.05) is 29.3 Å². The van der Waals surface area contributed by atoms with Gasteiger partial charge in [0.25, 0.3) is 0 Å². The summed E-state index contributed by atoms with van der Waals surface area (Å²) >= 11 is 11.7. The average molecular weight is 288 g/mol. The van der Waals surface area contributed by atoms with Crippen molar-refractivity contribution >= 4 is 35.1 Å². The fourth-order valence-electron chi connectivity index (χ4n) is 1.67. The van der Waals surface area contributed by atoms with Crippen LogP contribution in [0.5, 0.6) is 0 Å². The number of benzene rings is 1. The van der Waals surface area contributed by atoms with E-state index in [1.165, 1.54) is 0 Å². The lowest BCUT2D eigenvalue weighted by Gasteiger charge is -2.12. The van der Waals surface area contributed by atoms with Gasteiger partial charge in [0, 0.05) is 10.0 Å². The smallest absolute Gasteiger partial charge is 0.329 e. The number of carboxylic acids is 1. The van der Waals surface area contributed by atoms with Gasteiger partial charge < -0.3 is 10.4 Å². The Morgan fingerprint density at radius 2 is 2.00 bits per heavy atom. The number of aliphatic carboxylic acids is 1. The first kappa shape index (κ1) is 13.2. The fraction of sp³-hybridized carbons (Fsp3) is 0.333. The summed E-state index contributed by atoms with van der Waals surface area (Å²) in [4.78, 5) is 22.7. The van der Waals surface area contributed by atoms with E-state index in [-0.39, 0.29) is 12.3 Å². The first-order chi connectivity index (χ1) is 8.43. The minimum Gasteiger partial charge on any atom is -0.480 e. The van der Waals surface area contributed by atoms with Crippen molar-refractivity contribution in [1.29, 1.82) is 0 Å². The maximum Gasteiger partial charge on any atom is 0.329 e. The van der Waals surface area contributed by atoms with Gasteiger partial charge in [-0.25, -0.2) is 4.79 Å². The van der Waals surface area contributed by atoms with Crippen LogP contribution in [0.15, 0.2) is 18.2 Å². The molecule has 0 aromatic heterocycles. The fourth-order valence-corrected chi connectivity index (χ4v) is 2.14. The van der Waals surface area contributed by atoms with E-state index in [4.69, 9.17) is 28.3 Å². The van der Waals surface area contributed by atoms with Gasteiger partial charge in [-0.15, -0.1) is 0 Å². The van der Waals surface area contributed by atoms with Crippen molar-refractivity contribution in [2.24, 2.45) is 0 Å². The van der Waals surface area contributed by atoms with E-state index in [1.807, 2.05) is 0 Å². The lowest BCUT2D eigenvalue weighted by atomic mass is 10.1. The molecule has 0 atom stereocenters. The monoisotopic (exact) mass is 287 g/mol. The van der Waals surface area contributed by atoms with Crippen LogP contribution in [0, 0.1) is 0 Å². The lowest BCUT2D eigenvalue weighted by molar-refractivity contribution is -0.143. The van der Waals surface area contributed by atoms with Gasteiger partial charge in [0.15, 0.2) is 0 Å². The molecular formula is C12H11Cl2NO3. The number of carbonyl (C=O) groups is 2. The highest BCUT2D eigenvalue weighted by Crippen LogP contribution is 2.35. The van der Waals surface area contributed by atoms with Gasteiger partial charge in [-0.2, -0.15) is 0 Å². The number of rotatable bonds is 4. The molecule has 2 N–H and O–H groups in total. The van der Waals surface area contributed by atoms with Crippen LogP contribution >= 0.6 is 23.2 Å². The SMILES string of the molecule is O=C(Cc1ccc(Cl)cc1Cl)NC1(C(=O)O)CC1. The average Bonchev–Trinajstić information content (AvgIpc) is 3.03. The zero-order valence-electron chi connectivity index (χ0n) is 9.37. The molecule has 4 nitrogen and oxygen atoms in total. The maximum atomic E-state index is 11.7. The van der Waals surface area contributed by atoms with Crippen LogP contribution in [0.1, 0.15) is 18.4 Å². The Morgan fingerprint density at radius 1 is 1.33 bits per heavy atom. The first-order valence-electron chi connectivity index (χ1n) is 5.41. The molecule has 0 heterocycles. The molecular weight excluding hydrogens is 277 g/mol. The molecule has 2 rings (SSSR count). The molecule has 0 aliphatic heterocycles. The summed E-state index contributed by atoms with van der Waals surface area (Å²) in [5.74, 6) is -1.34. The van der Waals surface area contributed by atoms with E-state index in [0.29, 0.717) is 28.5 Å². The van der Waals surface area contributed by atoms with E-state index in [2.05, 4.69) is 5.32 Å². The van der Waals surface area contributed by atoms with Crippen LogP contribution in [0.2, 0.25) is 10.0 Å². The summed E-state index contributed by atoms with van der Waals surface area (Å²) in [6.07, 6.45) is 0.996. The minimum absolute atomic E-state index is 0.0467. The number of halogens is 2. The van der Waals surface area contributed by atoms with E-state index < -0.39 is 11.5 Å². The number of hydrogen-bond acceptors (Lipinski definition) is 2. The highest BCUT2D eigenvalue weighted by molar-refractivity contribution is 6.35. The van der Waals surface area contributed by atoms with E-state index >= 15 is 0 Å². The Hall–Kier alpha value is -1.26. The standard InChI is InChI=1S/C12H11Cl2NO3/c13-8-2-1-7(9(14)6-8)5-10(16)15-12(3-4-12)11(17)18/h1-2,6H,3-5H2,(H,15,16)(H,17,18). The van der Waals surface area contributed by atoms with Gasteiger partial charge in [-0.3, -0.25) is 4.79 Å². The Balaban J connectivity index is 2.02. The Kier molecular flexibility index (Phi) is 3.50. The summed E-state index contributed by atoms with van der Waals surface area (Å²) < 4.78 is 0. The predicted molar refractivity (Wildman–Crippen MR) is 67.9 cm³/mol. The summed E-state index contributed by atoms with van der Waals surface area (Å²) in [5, 5.41) is 12.4. The van der Waals surface area contributed by atoms with Crippen molar-refractivity contribution in [2.45, 2.75) is 24.8 Å². The third-order valence-electron chi connectivity index (χ3n) is 2.90. The molecule has 1 aliphatic carbocycles. The molecule has 6 heteroatoms. The lowest BCUT2D eigenvalue weighted by Crippen LogP contribution is -2.43. The molecule has 18 heavy (non-hydrogen) atoms. The zero-order chi connectivity index (χ0) is 13.3. The molecule has 1 saturated carbocycles. The molecule has 1 aliphatic rings. The zero-order valence-corrected chi connectivity index (χ0v) is 10.9. The topological polar surface area (TPSA) is 66.4 Å². The van der Waals surface area contributed by atoms with Crippen molar-refractivity contribution in [1.82, 2.24) is 5.32 Å². The van der Waals surface area contributed by atoms with Crippen LogP contribution in [0.3, 0.4) is 0 Å². The van der Waals surface area contributed by atoms with E-state index in [0.717, 1.165) is 0 Å². The summed E-state index contributed by atoms with van der Waals surface area (Å²) in [6, 6.07) is 4.85. The van der Waals surface area contributed by atoms with Crippen LogP contribution < -0.4 is 5.32 Å². The van der Waals surface area contributed by atoms with Crippen molar-refractivity contribution < 1.29 is 14.7 Å². The summed E-state index contributed by atoms with van der Waals surface area (Å²) in [5.41, 5.74) is -0.435. The largest absolute Gasteiger partial charge is 0.480 e. The summed E-state index contributed by atoms with van der Waals surface area (Å²) in [6.45, 7) is 0. The van der Waals surface area contributed by atoms with Gasteiger partial charge in [-0.05, 0) is 30.5 Å². The number of carbonyl (C=O) groups excluding carboxylic acids is 1. The molecule has 0 bridgehead atoms. The molecule has 0 saturated heterocycles. The third-order valence-corrected chi connectivity index (χ3v) is 3.49. The van der Waals surface area contributed by atoms with Gasteiger partial charge in [0.1, 0.15) is 5.54 Å². The third kappa shape index (κ3) is 2.76. The molecule has 1 amide bonds. The minimum atomic E-state index is -1.06. The van der Waals surface area contributed by atoms with Gasteiger partial charge >= 0.3 is 5.97 Å². The van der Waals surface area contributed by atoms with Crippen molar-refractivity contribution in [3.8, 4) is 0 Å². The Morgan fingerprint density at radius 3 is 2.50 bits per heavy atom. The second-order valence-electron chi connectivity index (χ2n) is 4.35. The number of nitrogens with one attached hydrogen (secondary N) is 1. The van der Waals surface area contributed by atoms with Gasteiger partial charge in [0.05, 0.1) is 6.42 Å². The van der Waals surface area contributed by atoms with Crippen LogP contribution in [-0.4, -0.2) is 22.5 Å². The quantitative estimate of drug-likeness (QED) is 0.893. The second kappa shape index (κ2) is 4.78. The predicted octanol–water partition coefficient (Wildman–Crippen LogP) is 2.27. The van der Waals surface area contributed by atoms with Crippen LogP contribution in [0.4, 0.5) is 0 Å². The van der Waals surface area contributed by atoms with Crippen molar-refractivity contribution in [3.63, 3.8) is 0 Å². The molecule has 0 radical (unpaired) electrons.